The summed E-state index contributed by atoms with van der Waals surface area (Å²) in [4.78, 5) is 16.6. The van der Waals surface area contributed by atoms with Gasteiger partial charge in [0.2, 0.25) is 0 Å². The summed E-state index contributed by atoms with van der Waals surface area (Å²) < 4.78 is 10.1. The van der Waals surface area contributed by atoms with Crippen LogP contribution >= 0.6 is 11.3 Å². The van der Waals surface area contributed by atoms with Gasteiger partial charge in [-0.25, -0.2) is 9.78 Å². The fourth-order valence-electron chi connectivity index (χ4n) is 1.65. The quantitative estimate of drug-likeness (QED) is 0.809. The number of nitriles is 1. The third-order valence-corrected chi connectivity index (χ3v) is 3.50. The van der Waals surface area contributed by atoms with E-state index >= 15 is 0 Å². The molecule has 0 amide bonds. The number of benzene rings is 1. The second-order valence-corrected chi connectivity index (χ2v) is 4.74. The van der Waals surface area contributed by atoms with Crippen LogP contribution in [0.15, 0.2) is 24.3 Å². The summed E-state index contributed by atoms with van der Waals surface area (Å²) in [5.41, 5.74) is 1.67. The van der Waals surface area contributed by atoms with Gasteiger partial charge < -0.3 is 9.47 Å². The van der Waals surface area contributed by atoms with Crippen LogP contribution in [0.5, 0.6) is 5.19 Å². The number of methoxy groups -OCH3 is 1. The first-order valence-electron chi connectivity index (χ1n) is 5.92. The molecule has 1 aromatic heterocycles. The van der Waals surface area contributed by atoms with E-state index in [0.29, 0.717) is 26.9 Å². The fraction of sp³-hybridized carbons (Fsp3) is 0.214. The van der Waals surface area contributed by atoms with E-state index in [1.807, 2.05) is 0 Å². The van der Waals surface area contributed by atoms with Gasteiger partial charge in [-0.2, -0.15) is 5.26 Å². The molecule has 1 heterocycles. The maximum absolute atomic E-state index is 12.0. The minimum Gasteiger partial charge on any atom is -0.473 e. The smallest absolute Gasteiger partial charge is 0.350 e. The lowest BCUT2D eigenvalue weighted by atomic mass is 10.1. The highest BCUT2D eigenvalue weighted by atomic mass is 32.1. The molecule has 0 unspecified atom stereocenters. The summed E-state index contributed by atoms with van der Waals surface area (Å²) in [5.74, 6) is -0.439. The van der Waals surface area contributed by atoms with Crippen LogP contribution in [0.4, 0.5) is 0 Å². The third kappa shape index (κ3) is 2.78. The van der Waals surface area contributed by atoms with E-state index in [-0.39, 0.29) is 6.61 Å². The molecule has 0 N–H and O–H groups in total. The highest BCUT2D eigenvalue weighted by Gasteiger charge is 2.21. The van der Waals surface area contributed by atoms with Gasteiger partial charge in [0.05, 0.1) is 31.0 Å². The van der Waals surface area contributed by atoms with Gasteiger partial charge in [0.15, 0.2) is 0 Å². The van der Waals surface area contributed by atoms with Crippen molar-refractivity contribution in [1.82, 2.24) is 4.98 Å². The van der Waals surface area contributed by atoms with Crippen molar-refractivity contribution in [1.29, 1.82) is 5.26 Å². The first kappa shape index (κ1) is 14.0. The number of rotatable bonds is 4. The van der Waals surface area contributed by atoms with Gasteiger partial charge in [0.1, 0.15) is 4.88 Å². The van der Waals surface area contributed by atoms with Crippen molar-refractivity contribution in [3.05, 3.63) is 34.7 Å². The predicted molar refractivity (Wildman–Crippen MR) is 74.8 cm³/mol. The number of thiazole rings is 1. The lowest BCUT2D eigenvalue weighted by Crippen LogP contribution is -2.04. The Morgan fingerprint density at radius 1 is 1.50 bits per heavy atom. The number of hydrogen-bond acceptors (Lipinski definition) is 6. The Kier molecular flexibility index (Phi) is 4.33. The molecule has 0 saturated carbocycles. The summed E-state index contributed by atoms with van der Waals surface area (Å²) in [6.07, 6.45) is 0. The van der Waals surface area contributed by atoms with Crippen molar-refractivity contribution in [2.24, 2.45) is 0 Å². The lowest BCUT2D eigenvalue weighted by molar-refractivity contribution is 0.0532. The monoisotopic (exact) mass is 288 g/mol. The molecule has 0 radical (unpaired) electrons. The zero-order valence-corrected chi connectivity index (χ0v) is 11.9. The second kappa shape index (κ2) is 6.17. The minimum absolute atomic E-state index is 0.288. The first-order chi connectivity index (χ1) is 9.69. The maximum Gasteiger partial charge on any atom is 0.350 e. The molecular weight excluding hydrogens is 276 g/mol. The van der Waals surface area contributed by atoms with Crippen molar-refractivity contribution >= 4 is 17.3 Å². The van der Waals surface area contributed by atoms with E-state index in [1.54, 1.807) is 31.2 Å². The van der Waals surface area contributed by atoms with Crippen LogP contribution in [0, 0.1) is 11.3 Å². The largest absolute Gasteiger partial charge is 0.473 e. The molecule has 20 heavy (non-hydrogen) atoms. The molecule has 0 aliphatic carbocycles. The van der Waals surface area contributed by atoms with Crippen molar-refractivity contribution in [3.63, 3.8) is 0 Å². The van der Waals surface area contributed by atoms with Gasteiger partial charge in [-0.3, -0.25) is 0 Å². The number of nitrogens with zero attached hydrogens (tertiary/aromatic N) is 2. The van der Waals surface area contributed by atoms with Gasteiger partial charge >= 0.3 is 5.97 Å². The van der Waals surface area contributed by atoms with E-state index in [9.17, 15) is 4.79 Å². The normalized spacial score (nSPS) is 9.85. The molecular formula is C14H12N2O3S. The highest BCUT2D eigenvalue weighted by Crippen LogP contribution is 2.33. The van der Waals surface area contributed by atoms with Crippen LogP contribution in [0.2, 0.25) is 0 Å². The first-order valence-corrected chi connectivity index (χ1v) is 6.73. The Morgan fingerprint density at radius 2 is 2.30 bits per heavy atom. The average Bonchev–Trinajstić information content (AvgIpc) is 2.92. The summed E-state index contributed by atoms with van der Waals surface area (Å²) in [6.45, 7) is 2.03. The van der Waals surface area contributed by atoms with Gasteiger partial charge in [-0.15, -0.1) is 0 Å². The molecule has 0 fully saturated rings. The van der Waals surface area contributed by atoms with Crippen molar-refractivity contribution in [2.45, 2.75) is 6.92 Å². The summed E-state index contributed by atoms with van der Waals surface area (Å²) >= 11 is 1.13. The molecule has 0 saturated heterocycles. The summed E-state index contributed by atoms with van der Waals surface area (Å²) in [5, 5.41) is 9.32. The van der Waals surface area contributed by atoms with Crippen LogP contribution in [-0.4, -0.2) is 24.7 Å². The van der Waals surface area contributed by atoms with E-state index in [1.165, 1.54) is 7.11 Å². The molecule has 0 aliphatic heterocycles. The SMILES string of the molecule is CCOC(=O)c1sc(OC)nc1-c1cccc(C#N)c1. The zero-order chi connectivity index (χ0) is 14.5. The van der Waals surface area contributed by atoms with Crippen LogP contribution in [-0.2, 0) is 4.74 Å². The molecule has 0 atom stereocenters. The molecule has 6 heteroatoms. The van der Waals surface area contributed by atoms with Crippen molar-refractivity contribution in [2.75, 3.05) is 13.7 Å². The van der Waals surface area contributed by atoms with Crippen LogP contribution in [0.1, 0.15) is 22.2 Å². The van der Waals surface area contributed by atoms with Crippen molar-refractivity contribution < 1.29 is 14.3 Å². The van der Waals surface area contributed by atoms with Crippen LogP contribution < -0.4 is 4.74 Å². The minimum atomic E-state index is -0.439. The molecule has 5 nitrogen and oxygen atoms in total. The Morgan fingerprint density at radius 3 is 2.95 bits per heavy atom. The standard InChI is InChI=1S/C14H12N2O3S/c1-3-19-13(17)12-11(16-14(18-2)20-12)10-6-4-5-9(7-10)8-15/h4-7H,3H2,1-2H3. The number of aromatic nitrogens is 1. The van der Waals surface area contributed by atoms with Gasteiger partial charge in [0.25, 0.3) is 5.19 Å². The molecule has 1 aromatic carbocycles. The average molecular weight is 288 g/mol. The number of esters is 1. The Labute approximate surface area is 120 Å². The van der Waals surface area contributed by atoms with Crippen LogP contribution in [0.25, 0.3) is 11.3 Å². The van der Waals surface area contributed by atoms with E-state index < -0.39 is 5.97 Å². The van der Waals surface area contributed by atoms with Gasteiger partial charge in [0, 0.05) is 5.56 Å². The second-order valence-electron chi connectivity index (χ2n) is 3.77. The van der Waals surface area contributed by atoms with E-state index in [2.05, 4.69) is 11.1 Å². The van der Waals surface area contributed by atoms with Gasteiger partial charge in [-0.05, 0) is 19.1 Å². The lowest BCUT2D eigenvalue weighted by Gasteiger charge is -2.02. The molecule has 2 rings (SSSR count). The van der Waals surface area contributed by atoms with Crippen molar-refractivity contribution in [3.8, 4) is 22.5 Å². The molecule has 0 spiro atoms. The van der Waals surface area contributed by atoms with E-state index in [4.69, 9.17) is 14.7 Å². The van der Waals surface area contributed by atoms with Crippen LogP contribution in [0.3, 0.4) is 0 Å². The number of carbonyl (C=O) groups excluding carboxylic acids is 1. The number of hydrogen-bond donors (Lipinski definition) is 0. The Balaban J connectivity index is 2.51. The molecule has 0 bridgehead atoms. The fourth-order valence-corrected chi connectivity index (χ4v) is 2.45. The summed E-state index contributed by atoms with van der Waals surface area (Å²) in [6, 6.07) is 8.96. The summed E-state index contributed by atoms with van der Waals surface area (Å²) in [7, 11) is 1.49. The maximum atomic E-state index is 12.0. The topological polar surface area (TPSA) is 72.2 Å². The Hall–Kier alpha value is -2.39. The molecule has 102 valence electrons. The molecule has 2 aromatic rings. The molecule has 0 aliphatic rings. The van der Waals surface area contributed by atoms with Gasteiger partial charge in [-0.1, -0.05) is 23.5 Å². The zero-order valence-electron chi connectivity index (χ0n) is 11.0. The van der Waals surface area contributed by atoms with E-state index in [0.717, 1.165) is 11.3 Å². The number of ether oxygens (including phenoxy) is 2. The predicted octanol–water partition coefficient (Wildman–Crippen LogP) is 2.87. The third-order valence-electron chi connectivity index (χ3n) is 2.51. The Bertz CT molecular complexity index is 673. The number of carbonyl (C=O) groups is 1. The highest BCUT2D eigenvalue weighted by molar-refractivity contribution is 7.15.